The quantitative estimate of drug-likeness (QED) is 0.633. The zero-order valence-corrected chi connectivity index (χ0v) is 7.95. The molecule has 14 heavy (non-hydrogen) atoms. The van der Waals surface area contributed by atoms with Crippen molar-refractivity contribution in [3.8, 4) is 0 Å². The SMILES string of the molecule is COCCOCC(=O)Nc1ccn[nH]1. The number of nitrogens with one attached hydrogen (secondary N) is 2. The highest BCUT2D eigenvalue weighted by Crippen LogP contribution is 1.97. The second-order valence-corrected chi connectivity index (χ2v) is 2.56. The summed E-state index contributed by atoms with van der Waals surface area (Å²) < 4.78 is 9.77. The summed E-state index contributed by atoms with van der Waals surface area (Å²) in [6.07, 6.45) is 1.56. The van der Waals surface area contributed by atoms with E-state index in [2.05, 4.69) is 15.5 Å². The second-order valence-electron chi connectivity index (χ2n) is 2.56. The first-order chi connectivity index (χ1) is 6.83. The lowest BCUT2D eigenvalue weighted by Crippen LogP contribution is -2.19. The minimum Gasteiger partial charge on any atom is -0.382 e. The Morgan fingerprint density at radius 3 is 3.14 bits per heavy atom. The highest BCUT2D eigenvalue weighted by molar-refractivity contribution is 5.90. The van der Waals surface area contributed by atoms with Gasteiger partial charge in [0.05, 0.1) is 19.4 Å². The zero-order chi connectivity index (χ0) is 10.2. The molecule has 0 aromatic carbocycles. The predicted molar refractivity (Wildman–Crippen MR) is 49.9 cm³/mol. The molecule has 1 aromatic heterocycles. The van der Waals surface area contributed by atoms with Crippen molar-refractivity contribution in [2.45, 2.75) is 0 Å². The molecule has 0 spiro atoms. The maximum atomic E-state index is 11.1. The molecule has 0 bridgehead atoms. The van der Waals surface area contributed by atoms with Gasteiger partial charge in [0.25, 0.3) is 5.91 Å². The van der Waals surface area contributed by atoms with Crippen LogP contribution >= 0.6 is 0 Å². The average molecular weight is 199 g/mol. The molecule has 0 aliphatic heterocycles. The van der Waals surface area contributed by atoms with Crippen LogP contribution in [0.3, 0.4) is 0 Å². The summed E-state index contributed by atoms with van der Waals surface area (Å²) in [5.74, 6) is 0.343. The van der Waals surface area contributed by atoms with Crippen molar-refractivity contribution in [1.29, 1.82) is 0 Å². The summed E-state index contributed by atoms with van der Waals surface area (Å²) >= 11 is 0. The third-order valence-corrected chi connectivity index (χ3v) is 1.44. The van der Waals surface area contributed by atoms with Crippen LogP contribution < -0.4 is 5.32 Å². The van der Waals surface area contributed by atoms with Crippen molar-refractivity contribution in [3.05, 3.63) is 12.3 Å². The number of carbonyl (C=O) groups excluding carboxylic acids is 1. The van der Waals surface area contributed by atoms with Gasteiger partial charge in [-0.1, -0.05) is 0 Å². The topological polar surface area (TPSA) is 76.2 Å². The average Bonchev–Trinajstić information content (AvgIpc) is 2.65. The Morgan fingerprint density at radius 2 is 2.50 bits per heavy atom. The third-order valence-electron chi connectivity index (χ3n) is 1.44. The molecule has 6 nitrogen and oxygen atoms in total. The van der Waals surface area contributed by atoms with Crippen LogP contribution in [-0.4, -0.2) is 43.0 Å². The first-order valence-electron chi connectivity index (χ1n) is 4.19. The molecule has 0 aliphatic carbocycles. The smallest absolute Gasteiger partial charge is 0.251 e. The number of ether oxygens (including phenoxy) is 2. The standard InChI is InChI=1S/C8H13N3O3/c1-13-4-5-14-6-8(12)10-7-2-3-9-11-7/h2-3H,4-6H2,1H3,(H2,9,10,11,12). The molecule has 0 radical (unpaired) electrons. The number of aromatic amines is 1. The number of amides is 1. The van der Waals surface area contributed by atoms with Crippen molar-refractivity contribution in [2.75, 3.05) is 32.2 Å². The van der Waals surface area contributed by atoms with Gasteiger partial charge < -0.3 is 14.8 Å². The molecule has 0 atom stereocenters. The fourth-order valence-corrected chi connectivity index (χ4v) is 0.819. The molecule has 0 unspecified atom stereocenters. The predicted octanol–water partition coefficient (Wildman–Crippen LogP) is 0.0112. The van der Waals surface area contributed by atoms with Crippen LogP contribution in [0.2, 0.25) is 0 Å². The molecule has 6 heteroatoms. The van der Waals surface area contributed by atoms with E-state index in [4.69, 9.17) is 9.47 Å². The van der Waals surface area contributed by atoms with Crippen molar-refractivity contribution in [2.24, 2.45) is 0 Å². The van der Waals surface area contributed by atoms with Gasteiger partial charge in [0, 0.05) is 13.2 Å². The van der Waals surface area contributed by atoms with E-state index in [1.54, 1.807) is 19.4 Å². The fraction of sp³-hybridized carbons (Fsp3) is 0.500. The van der Waals surface area contributed by atoms with Gasteiger partial charge in [0.1, 0.15) is 12.4 Å². The summed E-state index contributed by atoms with van der Waals surface area (Å²) in [5.41, 5.74) is 0. The lowest BCUT2D eigenvalue weighted by atomic mass is 10.5. The number of anilines is 1. The van der Waals surface area contributed by atoms with Gasteiger partial charge in [0.2, 0.25) is 0 Å². The Morgan fingerprint density at radius 1 is 1.64 bits per heavy atom. The number of aromatic nitrogens is 2. The fourth-order valence-electron chi connectivity index (χ4n) is 0.819. The Bertz CT molecular complexity index is 261. The molecule has 1 aromatic rings. The molecule has 78 valence electrons. The monoisotopic (exact) mass is 199 g/mol. The number of hydrogen-bond acceptors (Lipinski definition) is 4. The summed E-state index contributed by atoms with van der Waals surface area (Å²) in [7, 11) is 1.58. The van der Waals surface area contributed by atoms with Gasteiger partial charge in [-0.3, -0.25) is 9.89 Å². The first kappa shape index (κ1) is 10.7. The van der Waals surface area contributed by atoms with E-state index in [0.717, 1.165) is 0 Å². The number of hydrogen-bond donors (Lipinski definition) is 2. The van der Waals surface area contributed by atoms with Crippen LogP contribution in [-0.2, 0) is 14.3 Å². The summed E-state index contributed by atoms with van der Waals surface area (Å²) in [6, 6.07) is 1.66. The number of rotatable bonds is 6. The van der Waals surface area contributed by atoms with E-state index in [9.17, 15) is 4.79 Å². The van der Waals surface area contributed by atoms with Gasteiger partial charge in [0.15, 0.2) is 0 Å². The normalized spacial score (nSPS) is 10.1. The Labute approximate surface area is 81.6 Å². The van der Waals surface area contributed by atoms with Crippen LogP contribution in [0, 0.1) is 0 Å². The van der Waals surface area contributed by atoms with E-state index in [0.29, 0.717) is 19.0 Å². The first-order valence-corrected chi connectivity index (χ1v) is 4.19. The van der Waals surface area contributed by atoms with E-state index in [1.807, 2.05) is 0 Å². The molecule has 2 N–H and O–H groups in total. The van der Waals surface area contributed by atoms with Crippen LogP contribution in [0.4, 0.5) is 5.82 Å². The molecule has 0 aliphatic rings. The number of nitrogens with zero attached hydrogens (tertiary/aromatic N) is 1. The van der Waals surface area contributed by atoms with Gasteiger partial charge in [-0.25, -0.2) is 0 Å². The molecular weight excluding hydrogens is 186 g/mol. The molecule has 0 saturated heterocycles. The highest BCUT2D eigenvalue weighted by atomic mass is 16.5. The van der Waals surface area contributed by atoms with E-state index in [-0.39, 0.29) is 12.5 Å². The Hall–Kier alpha value is -1.40. The van der Waals surface area contributed by atoms with Gasteiger partial charge in [-0.05, 0) is 0 Å². The largest absolute Gasteiger partial charge is 0.382 e. The van der Waals surface area contributed by atoms with E-state index in [1.165, 1.54) is 0 Å². The molecule has 1 heterocycles. The van der Waals surface area contributed by atoms with Crippen molar-refractivity contribution in [3.63, 3.8) is 0 Å². The number of carbonyl (C=O) groups is 1. The number of H-pyrrole nitrogens is 1. The Balaban J connectivity index is 2.11. The lowest BCUT2D eigenvalue weighted by Gasteiger charge is -2.03. The minimum atomic E-state index is -0.217. The molecule has 1 amide bonds. The maximum absolute atomic E-state index is 11.1. The number of methoxy groups -OCH3 is 1. The van der Waals surface area contributed by atoms with Crippen LogP contribution in [0.15, 0.2) is 12.3 Å². The van der Waals surface area contributed by atoms with Crippen molar-refractivity contribution < 1.29 is 14.3 Å². The maximum Gasteiger partial charge on any atom is 0.251 e. The summed E-state index contributed by atoms with van der Waals surface area (Å²) in [6.45, 7) is 0.909. The van der Waals surface area contributed by atoms with E-state index < -0.39 is 0 Å². The van der Waals surface area contributed by atoms with E-state index >= 15 is 0 Å². The molecule has 1 rings (SSSR count). The van der Waals surface area contributed by atoms with Gasteiger partial charge in [-0.15, -0.1) is 0 Å². The van der Waals surface area contributed by atoms with Crippen LogP contribution in [0.25, 0.3) is 0 Å². The summed E-state index contributed by atoms with van der Waals surface area (Å²) in [4.78, 5) is 11.1. The highest BCUT2D eigenvalue weighted by Gasteiger charge is 2.02. The zero-order valence-electron chi connectivity index (χ0n) is 7.95. The van der Waals surface area contributed by atoms with Gasteiger partial charge in [-0.2, -0.15) is 5.10 Å². The summed E-state index contributed by atoms with van der Waals surface area (Å²) in [5, 5.41) is 8.87. The van der Waals surface area contributed by atoms with Gasteiger partial charge >= 0.3 is 0 Å². The third kappa shape index (κ3) is 4.01. The lowest BCUT2D eigenvalue weighted by molar-refractivity contribution is -0.121. The molecular formula is C8H13N3O3. The molecule has 0 saturated carbocycles. The van der Waals surface area contributed by atoms with Crippen LogP contribution in [0.5, 0.6) is 0 Å². The van der Waals surface area contributed by atoms with Crippen molar-refractivity contribution in [1.82, 2.24) is 10.2 Å². The van der Waals surface area contributed by atoms with Crippen LogP contribution in [0.1, 0.15) is 0 Å². The minimum absolute atomic E-state index is 0.0162. The van der Waals surface area contributed by atoms with Crippen molar-refractivity contribution >= 4 is 11.7 Å². The second kappa shape index (κ2) is 6.11. The Kier molecular flexibility index (Phi) is 4.66. The molecule has 0 fully saturated rings.